The van der Waals surface area contributed by atoms with Gasteiger partial charge in [0, 0.05) is 4.47 Å². The Hall–Kier alpha value is -0.520. The molecule has 0 fully saturated rings. The van der Waals surface area contributed by atoms with Crippen LogP contribution in [0.1, 0.15) is 10.8 Å². The second-order valence-corrected chi connectivity index (χ2v) is 3.80. The summed E-state index contributed by atoms with van der Waals surface area (Å²) in [7, 11) is 0. The molecule has 1 amide bonds. The van der Waals surface area contributed by atoms with Gasteiger partial charge in [-0.25, -0.2) is 5.84 Å². The van der Waals surface area contributed by atoms with Crippen LogP contribution in [0, 0.1) is 0 Å². The molecule has 0 aliphatic heterocycles. The van der Waals surface area contributed by atoms with E-state index in [0.29, 0.717) is 0 Å². The number of carbonyl (C=O) groups is 1. The molecule has 0 aliphatic rings. The zero-order valence-electron chi connectivity index (χ0n) is 6.70. The van der Waals surface area contributed by atoms with Gasteiger partial charge in [-0.1, -0.05) is 34.1 Å². The van der Waals surface area contributed by atoms with Crippen LogP contribution >= 0.6 is 28.6 Å². The van der Waals surface area contributed by atoms with Gasteiger partial charge in [0.2, 0.25) is 0 Å². The van der Waals surface area contributed by atoms with E-state index >= 15 is 0 Å². The van der Waals surface area contributed by atoms with Gasteiger partial charge in [-0.15, -0.1) is 0 Å². The maximum Gasteiger partial charge on any atom is 0.251 e. The number of amides is 1. The quantitative estimate of drug-likeness (QED) is 0.326. The number of carbonyl (C=O) groups excluding carboxylic acids is 1. The molecule has 1 atom stereocenters. The Morgan fingerprint density at radius 1 is 1.54 bits per heavy atom. The molecule has 1 rings (SSSR count). The summed E-state index contributed by atoms with van der Waals surface area (Å²) in [6, 6.07) is 7.38. The molecule has 0 spiro atoms. The van der Waals surface area contributed by atoms with Gasteiger partial charge in [-0.3, -0.25) is 10.2 Å². The highest BCUT2D eigenvalue weighted by atomic mass is 79.9. The first-order valence-electron chi connectivity index (χ1n) is 3.59. The van der Waals surface area contributed by atoms with E-state index in [1.807, 2.05) is 24.3 Å². The highest BCUT2D eigenvalue weighted by Crippen LogP contribution is 2.27. The summed E-state index contributed by atoms with van der Waals surface area (Å²) in [6.07, 6.45) is 0. The molecule has 3 nitrogen and oxygen atoms in total. The van der Waals surface area contributed by atoms with Crippen LogP contribution in [0.25, 0.3) is 0 Å². The number of benzene rings is 1. The monoisotopic (exact) mass is 260 g/mol. The molecular weight excluding hydrogens is 252 g/mol. The van der Waals surface area contributed by atoms with Crippen molar-refractivity contribution < 1.29 is 4.79 Å². The van der Waals surface area contributed by atoms with Gasteiger partial charge in [0.1, 0.15) is 5.25 Å². The van der Waals surface area contributed by atoms with E-state index in [4.69, 9.17) is 5.84 Å². The number of hydrazine groups is 1. The van der Waals surface area contributed by atoms with E-state index in [-0.39, 0.29) is 5.91 Å². The molecule has 1 aromatic rings. The molecule has 1 unspecified atom stereocenters. The Morgan fingerprint density at radius 2 is 2.15 bits per heavy atom. The first-order valence-corrected chi connectivity index (χ1v) is 4.90. The van der Waals surface area contributed by atoms with E-state index in [2.05, 4.69) is 34.0 Å². The van der Waals surface area contributed by atoms with Crippen LogP contribution in [-0.4, -0.2) is 5.91 Å². The first kappa shape index (κ1) is 10.6. The van der Waals surface area contributed by atoms with Gasteiger partial charge < -0.3 is 0 Å². The van der Waals surface area contributed by atoms with Crippen molar-refractivity contribution in [3.8, 4) is 0 Å². The van der Waals surface area contributed by atoms with Crippen LogP contribution in [0.15, 0.2) is 28.7 Å². The van der Waals surface area contributed by atoms with Crippen molar-refractivity contribution in [2.45, 2.75) is 5.25 Å². The van der Waals surface area contributed by atoms with Gasteiger partial charge >= 0.3 is 0 Å². The molecule has 3 N–H and O–H groups in total. The van der Waals surface area contributed by atoms with Crippen molar-refractivity contribution >= 4 is 34.5 Å². The van der Waals surface area contributed by atoms with Crippen LogP contribution in [-0.2, 0) is 4.79 Å². The predicted octanol–water partition coefficient (Wildman–Crippen LogP) is 1.41. The minimum atomic E-state index is -0.541. The maximum absolute atomic E-state index is 11.1. The summed E-state index contributed by atoms with van der Waals surface area (Å²) >= 11 is 7.47. The Bertz CT molecular complexity index is 319. The number of nitrogens with two attached hydrogens (primary N) is 1. The zero-order chi connectivity index (χ0) is 9.84. The average molecular weight is 261 g/mol. The van der Waals surface area contributed by atoms with Gasteiger partial charge in [-0.05, 0) is 11.6 Å². The molecule has 0 saturated carbocycles. The minimum Gasteiger partial charge on any atom is -0.293 e. The van der Waals surface area contributed by atoms with Crippen molar-refractivity contribution in [2.24, 2.45) is 5.84 Å². The lowest BCUT2D eigenvalue weighted by molar-refractivity contribution is -0.120. The standard InChI is InChI=1S/C8H9BrN2OS/c9-6-4-2-1-3-5(6)7(13)8(12)11-10/h1-4,7,13H,10H2,(H,11,12). The van der Waals surface area contributed by atoms with Crippen molar-refractivity contribution in [2.75, 3.05) is 0 Å². The zero-order valence-corrected chi connectivity index (χ0v) is 9.18. The minimum absolute atomic E-state index is 0.324. The maximum atomic E-state index is 11.1. The lowest BCUT2D eigenvalue weighted by Crippen LogP contribution is -2.33. The second kappa shape index (κ2) is 4.64. The van der Waals surface area contributed by atoms with Crippen LogP contribution < -0.4 is 11.3 Å². The average Bonchev–Trinajstić information content (AvgIpc) is 2.16. The van der Waals surface area contributed by atoms with Crippen molar-refractivity contribution in [1.29, 1.82) is 0 Å². The molecule has 0 heterocycles. The normalized spacial score (nSPS) is 12.2. The highest BCUT2D eigenvalue weighted by Gasteiger charge is 2.16. The van der Waals surface area contributed by atoms with Gasteiger partial charge in [0.15, 0.2) is 0 Å². The largest absolute Gasteiger partial charge is 0.293 e. The smallest absolute Gasteiger partial charge is 0.251 e. The molecule has 0 radical (unpaired) electrons. The van der Waals surface area contributed by atoms with E-state index in [1.54, 1.807) is 0 Å². The third-order valence-corrected chi connectivity index (χ3v) is 2.83. The molecule has 0 bridgehead atoms. The Kier molecular flexibility index (Phi) is 3.77. The number of hydrogen-bond donors (Lipinski definition) is 3. The molecular formula is C8H9BrN2OS. The van der Waals surface area contributed by atoms with E-state index < -0.39 is 5.25 Å². The molecule has 13 heavy (non-hydrogen) atoms. The molecule has 0 saturated heterocycles. The van der Waals surface area contributed by atoms with Crippen LogP contribution in [0.5, 0.6) is 0 Å². The molecule has 0 aliphatic carbocycles. The van der Waals surface area contributed by atoms with Crippen LogP contribution in [0.4, 0.5) is 0 Å². The molecule has 5 heteroatoms. The predicted molar refractivity (Wildman–Crippen MR) is 58.2 cm³/mol. The van der Waals surface area contributed by atoms with E-state index in [0.717, 1.165) is 10.0 Å². The summed E-state index contributed by atoms with van der Waals surface area (Å²) in [5.74, 6) is 4.67. The molecule has 1 aromatic carbocycles. The lowest BCUT2D eigenvalue weighted by atomic mass is 10.1. The Labute approximate surface area is 90.2 Å². The summed E-state index contributed by atoms with van der Waals surface area (Å²) in [6.45, 7) is 0. The topological polar surface area (TPSA) is 55.1 Å². The summed E-state index contributed by atoms with van der Waals surface area (Å²) in [4.78, 5) is 11.1. The number of halogens is 1. The van der Waals surface area contributed by atoms with Crippen LogP contribution in [0.3, 0.4) is 0 Å². The number of rotatable bonds is 2. The van der Waals surface area contributed by atoms with Crippen molar-refractivity contribution in [1.82, 2.24) is 5.43 Å². The summed E-state index contributed by atoms with van der Waals surface area (Å²) in [5.41, 5.74) is 2.85. The fraction of sp³-hybridized carbons (Fsp3) is 0.125. The van der Waals surface area contributed by atoms with Crippen molar-refractivity contribution in [3.63, 3.8) is 0 Å². The number of hydrogen-bond acceptors (Lipinski definition) is 3. The van der Waals surface area contributed by atoms with E-state index in [9.17, 15) is 4.79 Å². The number of nitrogens with one attached hydrogen (secondary N) is 1. The SMILES string of the molecule is NNC(=O)C(S)c1ccccc1Br. The second-order valence-electron chi connectivity index (χ2n) is 2.43. The molecule has 0 aromatic heterocycles. The van der Waals surface area contributed by atoms with E-state index in [1.165, 1.54) is 0 Å². The summed E-state index contributed by atoms with van der Waals surface area (Å²) < 4.78 is 0.846. The van der Waals surface area contributed by atoms with Gasteiger partial charge in [0.05, 0.1) is 0 Å². The van der Waals surface area contributed by atoms with Crippen LogP contribution in [0.2, 0.25) is 0 Å². The lowest BCUT2D eigenvalue weighted by Gasteiger charge is -2.10. The third-order valence-electron chi connectivity index (χ3n) is 1.59. The fourth-order valence-electron chi connectivity index (χ4n) is 0.917. The Morgan fingerprint density at radius 3 is 2.69 bits per heavy atom. The highest BCUT2D eigenvalue weighted by molar-refractivity contribution is 9.10. The van der Waals surface area contributed by atoms with Crippen molar-refractivity contribution in [3.05, 3.63) is 34.3 Å². The van der Waals surface area contributed by atoms with Gasteiger partial charge in [0.25, 0.3) is 5.91 Å². The fourth-order valence-corrected chi connectivity index (χ4v) is 1.91. The Balaban J connectivity index is 2.95. The summed E-state index contributed by atoms with van der Waals surface area (Å²) in [5, 5.41) is -0.541. The first-order chi connectivity index (χ1) is 6.16. The van der Waals surface area contributed by atoms with Gasteiger partial charge in [-0.2, -0.15) is 12.6 Å². The third kappa shape index (κ3) is 2.46. The number of thiol groups is 1. The molecule has 70 valence electrons.